The van der Waals surface area contributed by atoms with Crippen molar-refractivity contribution in [3.63, 3.8) is 0 Å². The minimum absolute atomic E-state index is 0. The van der Waals surface area contributed by atoms with Gasteiger partial charge in [0.25, 0.3) is 17.7 Å². The smallest absolute Gasteiger partial charge is 0.257 e. The summed E-state index contributed by atoms with van der Waals surface area (Å²) in [4.78, 5) is 0. The maximum absolute atomic E-state index is 5.64. The Hall–Kier alpha value is 3.24. The van der Waals surface area contributed by atoms with E-state index in [0.29, 0.717) is 0 Å². The van der Waals surface area contributed by atoms with Crippen molar-refractivity contribution >= 4 is 113 Å². The summed E-state index contributed by atoms with van der Waals surface area (Å²) in [5.74, 6) is -10.6. The molecule has 21 heavy (non-hydrogen) atoms. The number of hydrogen-bond donors (Lipinski definition) is 0. The van der Waals surface area contributed by atoms with Crippen LogP contribution in [-0.4, -0.2) is 13.7 Å². The Labute approximate surface area is 166 Å². The molecule has 0 saturated heterocycles. The van der Waals surface area contributed by atoms with Gasteiger partial charge in [-0.3, -0.25) is 4.74 Å². The molecule has 0 bridgehead atoms. The Morgan fingerprint density at radius 3 is 0.952 bits per heavy atom. The van der Waals surface area contributed by atoms with Gasteiger partial charge in [0.15, 0.2) is 0 Å². The molecule has 0 aromatic carbocycles. The lowest BCUT2D eigenvalue weighted by atomic mass is 11.6. The van der Waals surface area contributed by atoms with Crippen molar-refractivity contribution in [2.45, 2.75) is 22.3 Å². The molecule has 0 saturated carbocycles. The van der Waals surface area contributed by atoms with E-state index < -0.39 is 23.5 Å². The Kier molecular flexibility index (Phi) is 17.9. The summed E-state index contributed by atoms with van der Waals surface area (Å²) in [6.07, 6.45) is 0. The van der Waals surface area contributed by atoms with Crippen LogP contribution in [-0.2, 0) is 0 Å². The second-order valence-corrected chi connectivity index (χ2v) is 23.9. The summed E-state index contributed by atoms with van der Waals surface area (Å²) in [5, 5.41) is 0. The molecular formula is C5H18Cl8N4P4. The lowest BCUT2D eigenvalue weighted by molar-refractivity contribution is 1.51. The predicted molar refractivity (Wildman–Crippen MR) is 116 cm³/mol. The molecule has 1 aliphatic rings. The zero-order valence-electron chi connectivity index (χ0n) is 8.60. The number of halogens is 8. The van der Waals surface area contributed by atoms with Crippen LogP contribution in [0.1, 0.15) is 22.3 Å². The number of nitrogens with zero attached hydrogens (tertiary/aromatic N) is 4. The highest BCUT2D eigenvalue weighted by Crippen LogP contribution is 2.87. The van der Waals surface area contributed by atoms with E-state index in [4.69, 9.17) is 89.9 Å². The maximum Gasteiger partial charge on any atom is 0.257 e. The lowest BCUT2D eigenvalue weighted by Gasteiger charge is -2.16. The Morgan fingerprint density at radius 1 is 0.714 bits per heavy atom. The largest absolute Gasteiger partial charge is 0.277 e. The number of hydrogen-bond acceptors (Lipinski definition) is 4. The van der Waals surface area contributed by atoms with E-state index >= 15 is 0 Å². The standard InChI is InChI=1S/C2H6Cl2NP.3CH4.Cl6N3P3/c1-5-6(2,3)4;;;;1-10(2)7-11(3,4)9-12(5,6)8-10/h1-2H3;3*1H4;. The van der Waals surface area contributed by atoms with E-state index in [2.05, 4.69) is 18.3 Å². The van der Waals surface area contributed by atoms with Crippen molar-refractivity contribution in [1.82, 2.24) is 0 Å². The Balaban J connectivity index is -0.000000142. The lowest BCUT2D eigenvalue weighted by Crippen LogP contribution is -1.62. The quantitative estimate of drug-likeness (QED) is 0.274. The van der Waals surface area contributed by atoms with Crippen LogP contribution in [0, 0.1) is 0 Å². The number of rotatable bonds is 0. The molecule has 0 aromatic rings. The van der Waals surface area contributed by atoms with Crippen molar-refractivity contribution in [1.29, 1.82) is 0 Å². The van der Waals surface area contributed by atoms with Gasteiger partial charge in [-0.2, -0.15) is 13.5 Å². The summed E-state index contributed by atoms with van der Waals surface area (Å²) in [6.45, 7) is 1.72. The molecule has 0 aromatic heterocycles. The molecule has 0 radical (unpaired) electrons. The second kappa shape index (κ2) is 11.8. The monoisotopic (exact) mass is 538 g/mol. The highest BCUT2D eigenvalue weighted by Gasteiger charge is 2.30. The Morgan fingerprint density at radius 2 is 0.857 bits per heavy atom. The molecule has 134 valence electrons. The van der Waals surface area contributed by atoms with Gasteiger partial charge < -0.3 is 0 Å². The molecule has 0 unspecified atom stereocenters. The van der Waals surface area contributed by atoms with Crippen LogP contribution < -0.4 is 0 Å². The van der Waals surface area contributed by atoms with Crippen LogP contribution in [0.4, 0.5) is 0 Å². The average Bonchev–Trinajstić information content (AvgIpc) is 1.93. The van der Waals surface area contributed by atoms with Gasteiger partial charge in [0, 0.05) is 7.05 Å². The van der Waals surface area contributed by atoms with E-state index in [1.807, 2.05) is 0 Å². The van der Waals surface area contributed by atoms with E-state index in [1.54, 1.807) is 13.7 Å². The summed E-state index contributed by atoms with van der Waals surface area (Å²) in [6, 6.07) is 0. The van der Waals surface area contributed by atoms with Crippen LogP contribution >= 0.6 is 113 Å². The summed E-state index contributed by atoms with van der Waals surface area (Å²) >= 11 is 44.7. The normalized spacial score (nSPS) is 20.1. The van der Waals surface area contributed by atoms with Gasteiger partial charge in [-0.25, -0.2) is 0 Å². The molecule has 16 heteroatoms. The molecule has 0 spiro atoms. The summed E-state index contributed by atoms with van der Waals surface area (Å²) in [5.41, 5.74) is 0. The van der Waals surface area contributed by atoms with Crippen molar-refractivity contribution in [2.24, 2.45) is 18.3 Å². The fourth-order valence-corrected chi connectivity index (χ4v) is 19.3. The molecule has 1 aliphatic heterocycles. The summed E-state index contributed by atoms with van der Waals surface area (Å²) < 4.78 is 14.6. The third-order valence-electron chi connectivity index (χ3n) is 0.997. The zero-order valence-corrected chi connectivity index (χ0v) is 18.2. The highest BCUT2D eigenvalue weighted by atomic mass is 35.9. The van der Waals surface area contributed by atoms with E-state index in [1.165, 1.54) is 0 Å². The van der Waals surface area contributed by atoms with E-state index in [0.717, 1.165) is 0 Å². The molecule has 0 atom stereocenters. The van der Waals surface area contributed by atoms with Gasteiger partial charge in [-0.15, -0.1) is 0 Å². The van der Waals surface area contributed by atoms with Gasteiger partial charge in [0.2, 0.25) is 0 Å². The first kappa shape index (κ1) is 32.0. The Bertz CT molecular complexity index is 439. The van der Waals surface area contributed by atoms with Crippen molar-refractivity contribution in [3.8, 4) is 0 Å². The third kappa shape index (κ3) is 17.8. The average molecular weight is 542 g/mol. The molecule has 0 amide bonds. The topological polar surface area (TPSA) is 49.4 Å². The minimum atomic E-state index is -2.91. The van der Waals surface area contributed by atoms with Gasteiger partial charge >= 0.3 is 0 Å². The molecular weight excluding hydrogens is 524 g/mol. The first-order valence-electron chi connectivity index (χ1n) is 3.65. The molecule has 1 rings (SSSR count). The molecule has 4 nitrogen and oxygen atoms in total. The van der Waals surface area contributed by atoms with Crippen molar-refractivity contribution in [3.05, 3.63) is 0 Å². The fraction of sp³-hybridized carbons (Fsp3) is 1.00. The van der Waals surface area contributed by atoms with Crippen LogP contribution in [0.25, 0.3) is 0 Å². The van der Waals surface area contributed by atoms with Gasteiger partial charge in [-0.1, -0.05) is 44.8 Å². The van der Waals surface area contributed by atoms with Crippen LogP contribution in [0.3, 0.4) is 0 Å². The van der Waals surface area contributed by atoms with Gasteiger partial charge in [0.05, 0.1) is 0 Å². The van der Waals surface area contributed by atoms with Crippen LogP contribution in [0.2, 0.25) is 0 Å². The van der Waals surface area contributed by atoms with Crippen LogP contribution in [0.15, 0.2) is 18.3 Å². The minimum Gasteiger partial charge on any atom is -0.277 e. The van der Waals surface area contributed by atoms with Gasteiger partial charge in [-0.05, 0) is 74.1 Å². The maximum atomic E-state index is 5.64. The first-order valence-corrected chi connectivity index (χ1v) is 18.2. The zero-order chi connectivity index (χ0) is 14.8. The molecule has 0 aliphatic carbocycles. The molecule has 1 heterocycles. The molecule has 0 fully saturated rings. The van der Waals surface area contributed by atoms with Crippen LogP contribution in [0.5, 0.6) is 0 Å². The molecule has 0 N–H and O–H groups in total. The van der Waals surface area contributed by atoms with Crippen molar-refractivity contribution in [2.75, 3.05) is 13.7 Å². The first-order chi connectivity index (χ1) is 7.68. The SMILES string of the molecule is C.C.C.CN=P(C)(Cl)Cl.ClP1(Cl)=NP(Cl)(Cl)=NP(Cl)(Cl)=N1. The second-order valence-electron chi connectivity index (χ2n) is 2.59. The van der Waals surface area contributed by atoms with Gasteiger partial charge in [0.1, 0.15) is 5.76 Å². The van der Waals surface area contributed by atoms with Crippen molar-refractivity contribution < 1.29 is 0 Å². The highest BCUT2D eigenvalue weighted by molar-refractivity contribution is 8.26. The van der Waals surface area contributed by atoms with E-state index in [9.17, 15) is 0 Å². The predicted octanol–water partition coefficient (Wildman–Crippen LogP) is 11.9. The third-order valence-corrected chi connectivity index (χ3v) is 15.1. The summed E-state index contributed by atoms with van der Waals surface area (Å²) in [7, 11) is 1.62. The fourth-order valence-electron chi connectivity index (χ4n) is 0.442. The van der Waals surface area contributed by atoms with E-state index in [-0.39, 0.29) is 22.3 Å².